The molecule has 0 bridgehead atoms. The van der Waals surface area contributed by atoms with Gasteiger partial charge in [-0.05, 0) is 66.0 Å². The van der Waals surface area contributed by atoms with Gasteiger partial charge in [0.25, 0.3) is 0 Å². The van der Waals surface area contributed by atoms with Crippen LogP contribution >= 0.6 is 0 Å². The number of phenols is 4. The van der Waals surface area contributed by atoms with E-state index in [-0.39, 0.29) is 39.9 Å². The van der Waals surface area contributed by atoms with Gasteiger partial charge in [0, 0.05) is 61.0 Å². The minimum absolute atomic E-state index is 0.0267. The third-order valence-electron chi connectivity index (χ3n) is 11.7. The van der Waals surface area contributed by atoms with Gasteiger partial charge in [0.1, 0.15) is 23.0 Å². The third-order valence-corrected chi connectivity index (χ3v) is 11.7. The maximum Gasteiger partial charge on any atom is 0.120 e. The van der Waals surface area contributed by atoms with Crippen molar-refractivity contribution >= 4 is 0 Å². The highest BCUT2D eigenvalue weighted by atomic mass is 16.3. The van der Waals surface area contributed by atoms with Gasteiger partial charge in [-0.1, -0.05) is 154 Å². The van der Waals surface area contributed by atoms with Gasteiger partial charge in [0.05, 0.1) is 0 Å². The fourth-order valence-electron chi connectivity index (χ4n) is 7.79. The fraction of sp³-hybridized carbons (Fsp3) is 0.510. The number of aromatic hydroxyl groups is 4. The number of phenolic OH excluding ortho intramolecular Hbond substituents is 4. The molecule has 0 radical (unpaired) electrons. The molecule has 1 atom stereocenters. The average Bonchev–Trinajstić information content (AvgIpc) is 3.15. The Hall–Kier alpha value is -4.00. The van der Waals surface area contributed by atoms with Crippen molar-refractivity contribution in [1.82, 2.24) is 9.80 Å². The molecule has 4 aromatic carbocycles. The van der Waals surface area contributed by atoms with E-state index in [2.05, 4.69) is 82.5 Å². The van der Waals surface area contributed by atoms with Crippen molar-refractivity contribution in [3.63, 3.8) is 0 Å². The molecule has 1 unspecified atom stereocenters. The van der Waals surface area contributed by atoms with Crippen molar-refractivity contribution in [3.05, 3.63) is 118 Å². The second-order valence-electron chi connectivity index (χ2n) is 17.3. The molecule has 6 heteroatoms. The zero-order chi connectivity index (χ0) is 40.0. The highest BCUT2D eigenvalue weighted by molar-refractivity contribution is 5.41. The van der Waals surface area contributed by atoms with Crippen LogP contribution in [-0.4, -0.2) is 42.8 Å². The van der Waals surface area contributed by atoms with Crippen LogP contribution in [0.25, 0.3) is 0 Å². The second kappa shape index (κ2) is 20.8. The number of unbranched alkanes of at least 4 members (excludes halogenated alkanes) is 6. The van der Waals surface area contributed by atoms with E-state index in [1.807, 2.05) is 48.5 Å². The monoisotopic (exact) mass is 751 g/mol. The van der Waals surface area contributed by atoms with Gasteiger partial charge in [0.15, 0.2) is 0 Å². The lowest BCUT2D eigenvalue weighted by molar-refractivity contribution is 0.124. The zero-order valence-electron chi connectivity index (χ0n) is 35.0. The van der Waals surface area contributed by atoms with Crippen molar-refractivity contribution in [2.45, 2.75) is 156 Å². The number of hydrogen-bond donors (Lipinski definition) is 4. The third kappa shape index (κ3) is 13.0. The Balaban J connectivity index is 1.66. The van der Waals surface area contributed by atoms with Crippen LogP contribution in [0.1, 0.15) is 146 Å². The van der Waals surface area contributed by atoms with E-state index in [1.165, 1.54) is 62.5 Å². The van der Waals surface area contributed by atoms with Crippen LogP contribution in [0.4, 0.5) is 0 Å². The van der Waals surface area contributed by atoms with Gasteiger partial charge in [-0.25, -0.2) is 0 Å². The molecule has 0 amide bonds. The first-order chi connectivity index (χ1) is 26.2. The Morgan fingerprint density at radius 3 is 1.36 bits per heavy atom. The molecule has 0 aliphatic rings. The highest BCUT2D eigenvalue weighted by Crippen LogP contribution is 2.35. The van der Waals surface area contributed by atoms with Crippen molar-refractivity contribution < 1.29 is 20.4 Å². The molecule has 4 rings (SSSR count). The molecule has 4 N–H and O–H groups in total. The lowest BCUT2D eigenvalue weighted by atomic mass is 9.79. The molecular weight excluding hydrogens is 681 g/mol. The van der Waals surface area contributed by atoms with Gasteiger partial charge < -0.3 is 20.4 Å². The van der Waals surface area contributed by atoms with Crippen LogP contribution in [0.15, 0.2) is 84.9 Å². The topological polar surface area (TPSA) is 87.4 Å². The van der Waals surface area contributed by atoms with Crippen molar-refractivity contribution in [2.75, 3.05) is 6.54 Å². The number of para-hydroxylation sites is 2. The van der Waals surface area contributed by atoms with E-state index in [1.54, 1.807) is 12.1 Å². The summed E-state index contributed by atoms with van der Waals surface area (Å²) in [5.74, 6) is 1.03. The summed E-state index contributed by atoms with van der Waals surface area (Å²) in [4.78, 5) is 4.61. The quantitative estimate of drug-likeness (QED) is 0.0565. The standard InChI is InChI=1S/C49H70N2O4/c1-8-10-12-18-28-48(4,5)42-24-26-46(54)40(30-42)34-50(33-38-20-14-16-22-44(38)52)32-37(3)51(35-39-21-15-17-23-45(39)53)36-41-31-43(25-27-47(41)55)49(6,7)29-19-13-11-9-2/h14-17,20-27,30-31,37,52-55H,8-13,18-19,28-29,32-36H2,1-7H3. The normalized spacial score (nSPS) is 12.8. The number of benzene rings is 4. The van der Waals surface area contributed by atoms with Crippen LogP contribution in [0.2, 0.25) is 0 Å². The minimum Gasteiger partial charge on any atom is -0.508 e. The van der Waals surface area contributed by atoms with E-state index < -0.39 is 0 Å². The zero-order valence-corrected chi connectivity index (χ0v) is 35.0. The predicted octanol–water partition coefficient (Wildman–Crippen LogP) is 12.1. The van der Waals surface area contributed by atoms with E-state index in [9.17, 15) is 20.4 Å². The fourth-order valence-corrected chi connectivity index (χ4v) is 7.79. The van der Waals surface area contributed by atoms with E-state index in [0.717, 1.165) is 35.1 Å². The highest BCUT2D eigenvalue weighted by Gasteiger charge is 2.26. The Bertz CT molecular complexity index is 1770. The summed E-state index contributed by atoms with van der Waals surface area (Å²) < 4.78 is 0. The molecule has 0 spiro atoms. The summed E-state index contributed by atoms with van der Waals surface area (Å²) in [6.07, 6.45) is 11.9. The van der Waals surface area contributed by atoms with Crippen molar-refractivity contribution in [2.24, 2.45) is 0 Å². The molecule has 0 aromatic heterocycles. The van der Waals surface area contributed by atoms with Gasteiger partial charge in [-0.3, -0.25) is 9.80 Å². The average molecular weight is 751 g/mol. The van der Waals surface area contributed by atoms with Crippen LogP contribution in [0, 0.1) is 0 Å². The van der Waals surface area contributed by atoms with Gasteiger partial charge in [-0.15, -0.1) is 0 Å². The number of nitrogens with zero attached hydrogens (tertiary/aromatic N) is 2. The summed E-state index contributed by atoms with van der Waals surface area (Å²) in [6, 6.07) is 27.0. The molecule has 300 valence electrons. The van der Waals surface area contributed by atoms with Gasteiger partial charge in [-0.2, -0.15) is 0 Å². The van der Waals surface area contributed by atoms with Crippen molar-refractivity contribution in [1.29, 1.82) is 0 Å². The van der Waals surface area contributed by atoms with E-state index in [0.29, 0.717) is 32.7 Å². The van der Waals surface area contributed by atoms with Crippen LogP contribution in [-0.2, 0) is 37.0 Å². The largest absolute Gasteiger partial charge is 0.508 e. The summed E-state index contributed by atoms with van der Waals surface area (Å²) in [7, 11) is 0. The minimum atomic E-state index is -0.0455. The first-order valence-electron chi connectivity index (χ1n) is 20.9. The number of rotatable bonds is 23. The molecule has 4 aromatic rings. The Morgan fingerprint density at radius 1 is 0.491 bits per heavy atom. The smallest absolute Gasteiger partial charge is 0.120 e. The molecule has 0 saturated carbocycles. The molecule has 0 saturated heterocycles. The predicted molar refractivity (Wildman–Crippen MR) is 229 cm³/mol. The van der Waals surface area contributed by atoms with Crippen LogP contribution < -0.4 is 0 Å². The lowest BCUT2D eigenvalue weighted by Gasteiger charge is -2.35. The first kappa shape index (κ1) is 43.7. The SMILES string of the molecule is CCCCCCC(C)(C)c1ccc(O)c(CN(Cc2ccccc2O)CC(C)N(Cc2ccccc2O)Cc2cc(C(C)(C)CCCCCC)ccc2O)c1. The second-order valence-corrected chi connectivity index (χ2v) is 17.3. The Morgan fingerprint density at radius 2 is 0.891 bits per heavy atom. The molecule has 0 heterocycles. The number of hydrogen-bond acceptors (Lipinski definition) is 6. The van der Waals surface area contributed by atoms with E-state index >= 15 is 0 Å². The van der Waals surface area contributed by atoms with Crippen LogP contribution in [0.3, 0.4) is 0 Å². The Kier molecular flexibility index (Phi) is 16.5. The summed E-state index contributed by atoms with van der Waals surface area (Å²) in [6.45, 7) is 18.4. The molecule has 0 fully saturated rings. The van der Waals surface area contributed by atoms with Crippen LogP contribution in [0.5, 0.6) is 23.0 Å². The van der Waals surface area contributed by atoms with E-state index in [4.69, 9.17) is 0 Å². The lowest BCUT2D eigenvalue weighted by Crippen LogP contribution is -2.41. The maximum atomic E-state index is 11.3. The summed E-state index contributed by atoms with van der Waals surface area (Å²) >= 11 is 0. The van der Waals surface area contributed by atoms with Gasteiger partial charge >= 0.3 is 0 Å². The summed E-state index contributed by atoms with van der Waals surface area (Å²) in [5, 5.41) is 44.3. The first-order valence-corrected chi connectivity index (χ1v) is 20.9. The molecule has 0 aliphatic heterocycles. The molecule has 55 heavy (non-hydrogen) atoms. The molecule has 0 aliphatic carbocycles. The van der Waals surface area contributed by atoms with Crippen molar-refractivity contribution in [3.8, 4) is 23.0 Å². The Labute approximate surface area is 332 Å². The molecule has 6 nitrogen and oxygen atoms in total. The maximum absolute atomic E-state index is 11.3. The summed E-state index contributed by atoms with van der Waals surface area (Å²) in [5.41, 5.74) is 5.75. The van der Waals surface area contributed by atoms with Gasteiger partial charge in [0.2, 0.25) is 0 Å². The molecular formula is C49H70N2O4.